The summed E-state index contributed by atoms with van der Waals surface area (Å²) in [4.78, 5) is 18.3. The minimum absolute atomic E-state index is 0.0454. The highest BCUT2D eigenvalue weighted by molar-refractivity contribution is 7.89. The second-order valence-electron chi connectivity index (χ2n) is 8.99. The van der Waals surface area contributed by atoms with Crippen LogP contribution in [0.25, 0.3) is 0 Å². The molecule has 9 nitrogen and oxygen atoms in total. The van der Waals surface area contributed by atoms with Crippen LogP contribution >= 0.6 is 23.2 Å². The minimum atomic E-state index is -4.07. The van der Waals surface area contributed by atoms with Crippen molar-refractivity contribution < 1.29 is 18.3 Å². The molecule has 0 radical (unpaired) electrons. The van der Waals surface area contributed by atoms with Gasteiger partial charge in [-0.25, -0.2) is 4.72 Å². The number of aromatic hydroxyl groups is 1. The van der Waals surface area contributed by atoms with Crippen LogP contribution < -0.4 is 10.0 Å². The van der Waals surface area contributed by atoms with Crippen molar-refractivity contribution in [2.24, 2.45) is 14.8 Å². The molecule has 34 heavy (non-hydrogen) atoms. The Morgan fingerprint density at radius 3 is 2.35 bits per heavy atom. The fourth-order valence-electron chi connectivity index (χ4n) is 3.34. The topological polar surface area (TPSA) is 123 Å². The summed E-state index contributed by atoms with van der Waals surface area (Å²) in [5.74, 6) is -0.951. The molecule has 2 aromatic carbocycles. The summed E-state index contributed by atoms with van der Waals surface area (Å²) >= 11 is 12.4. The number of rotatable bonds is 4. The lowest BCUT2D eigenvalue weighted by Gasteiger charge is -2.28. The van der Waals surface area contributed by atoms with Gasteiger partial charge in [0.05, 0.1) is 17.3 Å². The Balaban J connectivity index is 2.06. The number of carbonyl (C=O) groups excluding carboxylic acids is 1. The number of carbonyl (C=O) groups is 1. The fraction of sp³-hybridized carbons (Fsp3) is 0.318. The van der Waals surface area contributed by atoms with E-state index < -0.39 is 27.6 Å². The number of anilines is 1. The molecule has 1 amide bonds. The minimum Gasteiger partial charge on any atom is -0.505 e. The van der Waals surface area contributed by atoms with E-state index >= 15 is 0 Å². The zero-order valence-corrected chi connectivity index (χ0v) is 21.5. The quantitative estimate of drug-likeness (QED) is 0.514. The average Bonchev–Trinajstić information content (AvgIpc) is 2.98. The van der Waals surface area contributed by atoms with Crippen LogP contribution in [-0.4, -0.2) is 50.1 Å². The van der Waals surface area contributed by atoms with Gasteiger partial charge in [-0.3, -0.25) is 9.79 Å². The van der Waals surface area contributed by atoms with E-state index in [9.17, 15) is 18.3 Å². The molecular formula is C22H25Cl2N5O4S. The standard InChI is InChI=1S/C22H25Cl2N5O4S/c1-22(2,3)18(12-9-13(23)11-14(24)10-12)26-20-19(27-34(32,33)28-20)25-16-8-6-7-15(17(16)30)21(31)29(4)5/h6-11,18,30H,1-5H3,(H,25,27)(H,26,28). The molecule has 1 unspecified atom stereocenters. The van der Waals surface area contributed by atoms with Crippen molar-refractivity contribution in [1.29, 1.82) is 0 Å². The number of nitrogens with one attached hydrogen (secondary N) is 2. The summed E-state index contributed by atoms with van der Waals surface area (Å²) in [5.41, 5.74) is 0.366. The normalized spacial score (nSPS) is 17.1. The van der Waals surface area contributed by atoms with Crippen molar-refractivity contribution in [3.8, 4) is 5.75 Å². The van der Waals surface area contributed by atoms with Gasteiger partial charge in [-0.05, 0) is 41.3 Å². The van der Waals surface area contributed by atoms with E-state index in [0.717, 1.165) is 0 Å². The van der Waals surface area contributed by atoms with E-state index in [1.165, 1.54) is 17.0 Å². The highest BCUT2D eigenvalue weighted by Crippen LogP contribution is 2.39. The van der Waals surface area contributed by atoms with E-state index in [0.29, 0.717) is 15.6 Å². The van der Waals surface area contributed by atoms with Gasteiger partial charge in [-0.2, -0.15) is 8.42 Å². The first kappa shape index (κ1) is 25.8. The first-order chi connectivity index (χ1) is 15.7. The Morgan fingerprint density at radius 2 is 1.79 bits per heavy atom. The molecular weight excluding hydrogens is 501 g/mol. The molecule has 1 atom stereocenters. The average molecular weight is 526 g/mol. The van der Waals surface area contributed by atoms with Crippen LogP contribution in [-0.2, 0) is 10.2 Å². The Bertz CT molecular complexity index is 1280. The Hall–Kier alpha value is -2.82. The lowest BCUT2D eigenvalue weighted by Crippen LogP contribution is -2.32. The third-order valence-electron chi connectivity index (χ3n) is 4.87. The zero-order chi connectivity index (χ0) is 25.4. The molecule has 2 aromatic rings. The van der Waals surface area contributed by atoms with Crippen molar-refractivity contribution in [2.75, 3.05) is 19.4 Å². The number of halogens is 2. The van der Waals surface area contributed by atoms with E-state index in [1.807, 2.05) is 20.8 Å². The number of amidine groups is 2. The Kier molecular flexibility index (Phi) is 7.16. The SMILES string of the molecule is CN(C)C(=O)c1cccc(NC2=NS(=O)(=O)NC2=NC(c2cc(Cl)cc(Cl)c2)C(C)(C)C)c1O. The molecule has 0 saturated carbocycles. The lowest BCUT2D eigenvalue weighted by atomic mass is 9.82. The maximum atomic E-state index is 12.3. The third-order valence-corrected chi connectivity index (χ3v) is 6.18. The van der Waals surface area contributed by atoms with E-state index in [4.69, 9.17) is 23.2 Å². The molecule has 0 spiro atoms. The molecule has 0 saturated heterocycles. The number of aliphatic imine (C=N–C) groups is 1. The van der Waals surface area contributed by atoms with E-state index in [2.05, 4.69) is 19.4 Å². The third kappa shape index (κ3) is 5.81. The van der Waals surface area contributed by atoms with Crippen molar-refractivity contribution in [2.45, 2.75) is 26.8 Å². The van der Waals surface area contributed by atoms with Crippen LogP contribution in [0.1, 0.15) is 42.7 Å². The number of amides is 1. The monoisotopic (exact) mass is 525 g/mol. The van der Waals surface area contributed by atoms with Gasteiger partial charge in [0.15, 0.2) is 17.4 Å². The molecule has 3 rings (SSSR count). The van der Waals surface area contributed by atoms with Crippen LogP contribution in [0, 0.1) is 5.41 Å². The predicted molar refractivity (Wildman–Crippen MR) is 135 cm³/mol. The number of benzene rings is 2. The molecule has 0 aromatic heterocycles. The van der Waals surface area contributed by atoms with Crippen LogP contribution in [0.2, 0.25) is 10.0 Å². The molecule has 1 heterocycles. The van der Waals surface area contributed by atoms with E-state index in [-0.39, 0.29) is 28.7 Å². The maximum Gasteiger partial charge on any atom is 0.345 e. The molecule has 1 aliphatic heterocycles. The van der Waals surface area contributed by atoms with E-state index in [1.54, 1.807) is 38.4 Å². The molecule has 0 aliphatic carbocycles. The van der Waals surface area contributed by atoms with Gasteiger partial charge < -0.3 is 15.3 Å². The van der Waals surface area contributed by atoms with Crippen molar-refractivity contribution >= 4 is 56.7 Å². The highest BCUT2D eigenvalue weighted by Gasteiger charge is 2.33. The lowest BCUT2D eigenvalue weighted by molar-refractivity contribution is 0.0824. The summed E-state index contributed by atoms with van der Waals surface area (Å²) in [6.45, 7) is 5.81. The van der Waals surface area contributed by atoms with Gasteiger partial charge in [0.25, 0.3) is 5.91 Å². The van der Waals surface area contributed by atoms with Crippen molar-refractivity contribution in [1.82, 2.24) is 9.62 Å². The Labute approximate surface area is 208 Å². The number of phenols is 1. The maximum absolute atomic E-state index is 12.3. The summed E-state index contributed by atoms with van der Waals surface area (Å²) in [5, 5.41) is 14.3. The summed E-state index contributed by atoms with van der Waals surface area (Å²) < 4.78 is 30.6. The molecule has 3 N–H and O–H groups in total. The highest BCUT2D eigenvalue weighted by atomic mass is 35.5. The van der Waals surface area contributed by atoms with Crippen LogP contribution in [0.4, 0.5) is 5.69 Å². The van der Waals surface area contributed by atoms with Gasteiger partial charge in [-0.15, -0.1) is 4.40 Å². The number of nitrogens with zero attached hydrogens (tertiary/aromatic N) is 3. The first-order valence-corrected chi connectivity index (χ1v) is 12.3. The molecule has 1 aliphatic rings. The predicted octanol–water partition coefficient (Wildman–Crippen LogP) is 4.25. The van der Waals surface area contributed by atoms with Crippen LogP contribution in [0.5, 0.6) is 5.75 Å². The molecule has 182 valence electrons. The zero-order valence-electron chi connectivity index (χ0n) is 19.2. The van der Waals surface area contributed by atoms with Gasteiger partial charge >= 0.3 is 10.2 Å². The number of phenolic OH excluding ortho intramolecular Hbond substituents is 1. The first-order valence-electron chi connectivity index (χ1n) is 10.2. The fourth-order valence-corrected chi connectivity index (χ4v) is 4.70. The number of para-hydroxylation sites is 1. The van der Waals surface area contributed by atoms with Gasteiger partial charge in [-0.1, -0.05) is 50.0 Å². The largest absolute Gasteiger partial charge is 0.505 e. The van der Waals surface area contributed by atoms with Gasteiger partial charge in [0.1, 0.15) is 0 Å². The number of hydrogen-bond donors (Lipinski definition) is 3. The van der Waals surface area contributed by atoms with Crippen molar-refractivity contribution in [3.63, 3.8) is 0 Å². The second-order valence-corrected chi connectivity index (χ2v) is 11.2. The second kappa shape index (κ2) is 9.44. The van der Waals surface area contributed by atoms with Crippen molar-refractivity contribution in [3.05, 3.63) is 57.6 Å². The molecule has 0 fully saturated rings. The summed E-state index contributed by atoms with van der Waals surface area (Å²) in [6, 6.07) is 8.97. The van der Waals surface area contributed by atoms with Gasteiger partial charge in [0, 0.05) is 24.1 Å². The summed E-state index contributed by atoms with van der Waals surface area (Å²) in [6.07, 6.45) is 0. The van der Waals surface area contributed by atoms with Gasteiger partial charge in [0.2, 0.25) is 0 Å². The number of hydrogen-bond acceptors (Lipinski definition) is 6. The molecule has 12 heteroatoms. The molecule has 0 bridgehead atoms. The van der Waals surface area contributed by atoms with Crippen LogP contribution in [0.3, 0.4) is 0 Å². The van der Waals surface area contributed by atoms with Crippen LogP contribution in [0.15, 0.2) is 45.8 Å². The summed E-state index contributed by atoms with van der Waals surface area (Å²) in [7, 11) is -0.962. The Morgan fingerprint density at radius 1 is 1.18 bits per heavy atom. The smallest absolute Gasteiger partial charge is 0.345 e.